The largest absolute Gasteiger partial charge is 0.478 e. The maximum atomic E-state index is 12.2. The Morgan fingerprint density at radius 2 is 1.76 bits per heavy atom. The highest BCUT2D eigenvalue weighted by Gasteiger charge is 2.10. The van der Waals surface area contributed by atoms with Crippen LogP contribution in [0, 0.1) is 13.8 Å². The fourth-order valence-corrected chi connectivity index (χ4v) is 2.30. The quantitative estimate of drug-likeness (QED) is 0.881. The summed E-state index contributed by atoms with van der Waals surface area (Å²) in [5.41, 5.74) is 2.98. The van der Waals surface area contributed by atoms with Gasteiger partial charge in [-0.1, -0.05) is 22.0 Å². The van der Waals surface area contributed by atoms with Crippen molar-refractivity contribution in [3.8, 4) is 0 Å². The van der Waals surface area contributed by atoms with Gasteiger partial charge in [-0.25, -0.2) is 4.79 Å². The Hall–Kier alpha value is -2.14. The van der Waals surface area contributed by atoms with E-state index >= 15 is 0 Å². The predicted molar refractivity (Wildman–Crippen MR) is 85.0 cm³/mol. The van der Waals surface area contributed by atoms with Crippen LogP contribution in [0.25, 0.3) is 0 Å². The predicted octanol–water partition coefficient (Wildman–Crippen LogP) is 4.02. The number of nitrogens with one attached hydrogen (secondary N) is 1. The molecule has 5 heteroatoms. The Bertz CT molecular complexity index is 725. The van der Waals surface area contributed by atoms with Crippen LogP contribution in [-0.4, -0.2) is 17.0 Å². The molecule has 2 N–H and O–H groups in total. The van der Waals surface area contributed by atoms with Crippen molar-refractivity contribution in [2.24, 2.45) is 0 Å². The molecule has 0 aliphatic carbocycles. The first-order chi connectivity index (χ1) is 9.88. The zero-order chi connectivity index (χ0) is 15.6. The van der Waals surface area contributed by atoms with Crippen molar-refractivity contribution in [1.82, 2.24) is 0 Å². The van der Waals surface area contributed by atoms with Gasteiger partial charge in [0.2, 0.25) is 0 Å². The van der Waals surface area contributed by atoms with Crippen LogP contribution in [-0.2, 0) is 0 Å². The van der Waals surface area contributed by atoms with E-state index in [9.17, 15) is 9.59 Å². The molecule has 0 spiro atoms. The molecule has 0 saturated carbocycles. The van der Waals surface area contributed by atoms with Crippen LogP contribution >= 0.6 is 15.9 Å². The van der Waals surface area contributed by atoms with Gasteiger partial charge in [-0.15, -0.1) is 0 Å². The van der Waals surface area contributed by atoms with E-state index < -0.39 is 5.97 Å². The molecule has 0 aliphatic heterocycles. The van der Waals surface area contributed by atoms with E-state index in [1.807, 2.05) is 13.0 Å². The van der Waals surface area contributed by atoms with Crippen molar-refractivity contribution in [2.75, 3.05) is 5.32 Å². The number of aromatic carboxylic acids is 1. The second kappa shape index (κ2) is 6.10. The lowest BCUT2D eigenvalue weighted by Gasteiger charge is -2.08. The molecule has 0 fully saturated rings. The van der Waals surface area contributed by atoms with Crippen molar-refractivity contribution in [2.45, 2.75) is 13.8 Å². The number of anilines is 1. The highest BCUT2D eigenvalue weighted by atomic mass is 79.9. The van der Waals surface area contributed by atoms with Crippen LogP contribution in [0.1, 0.15) is 31.8 Å². The number of aryl methyl sites for hydroxylation is 2. The molecular formula is C16H14BrNO3. The molecule has 0 aromatic heterocycles. The normalized spacial score (nSPS) is 10.2. The second-order valence-corrected chi connectivity index (χ2v) is 5.61. The average Bonchev–Trinajstić information content (AvgIpc) is 2.41. The zero-order valence-electron chi connectivity index (χ0n) is 11.6. The van der Waals surface area contributed by atoms with E-state index in [4.69, 9.17) is 5.11 Å². The second-order valence-electron chi connectivity index (χ2n) is 4.75. The van der Waals surface area contributed by atoms with Crippen molar-refractivity contribution in [3.05, 3.63) is 63.1 Å². The van der Waals surface area contributed by atoms with Crippen LogP contribution in [0.3, 0.4) is 0 Å². The third kappa shape index (κ3) is 3.49. The molecule has 2 aromatic rings. The van der Waals surface area contributed by atoms with Gasteiger partial charge in [0.1, 0.15) is 0 Å². The Labute approximate surface area is 130 Å². The monoisotopic (exact) mass is 347 g/mol. The Balaban J connectivity index is 2.21. The summed E-state index contributed by atoms with van der Waals surface area (Å²) >= 11 is 3.39. The number of carboxylic acid groups (broad SMARTS) is 1. The van der Waals surface area contributed by atoms with E-state index in [0.717, 1.165) is 10.0 Å². The van der Waals surface area contributed by atoms with Crippen LogP contribution in [0.15, 0.2) is 40.9 Å². The van der Waals surface area contributed by atoms with Gasteiger partial charge in [0.05, 0.1) is 5.56 Å². The summed E-state index contributed by atoms with van der Waals surface area (Å²) in [5.74, 6) is -1.22. The molecule has 0 bridgehead atoms. The Morgan fingerprint density at radius 3 is 2.33 bits per heavy atom. The maximum absolute atomic E-state index is 12.2. The van der Waals surface area contributed by atoms with Crippen LogP contribution < -0.4 is 5.32 Å². The van der Waals surface area contributed by atoms with Gasteiger partial charge in [0, 0.05) is 15.7 Å². The first-order valence-electron chi connectivity index (χ1n) is 6.30. The zero-order valence-corrected chi connectivity index (χ0v) is 13.2. The molecule has 1 amide bonds. The van der Waals surface area contributed by atoms with Crippen LogP contribution in [0.5, 0.6) is 0 Å². The summed E-state index contributed by atoms with van der Waals surface area (Å²) in [6.45, 7) is 3.64. The van der Waals surface area contributed by atoms with Crippen molar-refractivity contribution < 1.29 is 14.7 Å². The molecular weight excluding hydrogens is 334 g/mol. The van der Waals surface area contributed by atoms with Gasteiger partial charge >= 0.3 is 5.97 Å². The number of amides is 1. The molecule has 4 nitrogen and oxygen atoms in total. The van der Waals surface area contributed by atoms with Crippen LogP contribution in [0.2, 0.25) is 0 Å². The highest BCUT2D eigenvalue weighted by Crippen LogP contribution is 2.20. The summed E-state index contributed by atoms with van der Waals surface area (Å²) in [4.78, 5) is 23.1. The first kappa shape index (κ1) is 15.3. The van der Waals surface area contributed by atoms with Gasteiger partial charge in [-0.3, -0.25) is 4.79 Å². The molecule has 0 atom stereocenters. The van der Waals surface area contributed by atoms with E-state index in [1.54, 1.807) is 31.2 Å². The SMILES string of the molecule is Cc1ccc(C(=O)Nc2ccc(C(=O)O)c(C)c2)cc1Br. The minimum atomic E-state index is -0.979. The lowest BCUT2D eigenvalue weighted by atomic mass is 10.1. The van der Waals surface area contributed by atoms with E-state index in [-0.39, 0.29) is 11.5 Å². The number of carbonyl (C=O) groups is 2. The molecule has 2 rings (SSSR count). The van der Waals surface area contributed by atoms with Gasteiger partial charge in [-0.05, 0) is 55.3 Å². The smallest absolute Gasteiger partial charge is 0.335 e. The fourth-order valence-electron chi connectivity index (χ4n) is 1.92. The standard InChI is InChI=1S/C16H14BrNO3/c1-9-3-4-11(8-14(9)17)15(19)18-12-5-6-13(16(20)21)10(2)7-12/h3-8H,1-2H3,(H,18,19)(H,20,21). The lowest BCUT2D eigenvalue weighted by molar-refractivity contribution is 0.0696. The topological polar surface area (TPSA) is 66.4 Å². The number of carboxylic acids is 1. The summed E-state index contributed by atoms with van der Waals surface area (Å²) in [6, 6.07) is 10.1. The molecule has 2 aromatic carbocycles. The Morgan fingerprint density at radius 1 is 1.05 bits per heavy atom. The minimum absolute atomic E-state index is 0.228. The molecule has 0 unspecified atom stereocenters. The van der Waals surface area contributed by atoms with Crippen molar-refractivity contribution in [1.29, 1.82) is 0 Å². The number of benzene rings is 2. The number of carbonyl (C=O) groups excluding carboxylic acids is 1. The Kier molecular flexibility index (Phi) is 4.43. The van der Waals surface area contributed by atoms with Gasteiger partial charge in [0.15, 0.2) is 0 Å². The summed E-state index contributed by atoms with van der Waals surface area (Å²) in [7, 11) is 0. The highest BCUT2D eigenvalue weighted by molar-refractivity contribution is 9.10. The first-order valence-corrected chi connectivity index (χ1v) is 7.09. The lowest BCUT2D eigenvalue weighted by Crippen LogP contribution is -2.12. The van der Waals surface area contributed by atoms with E-state index in [0.29, 0.717) is 16.8 Å². The van der Waals surface area contributed by atoms with Crippen molar-refractivity contribution >= 4 is 33.5 Å². The molecule has 0 heterocycles. The molecule has 0 saturated heterocycles. The number of rotatable bonds is 3. The van der Waals surface area contributed by atoms with Gasteiger partial charge in [-0.2, -0.15) is 0 Å². The number of halogens is 1. The number of hydrogen-bond acceptors (Lipinski definition) is 2. The summed E-state index contributed by atoms with van der Waals surface area (Å²) in [5, 5.41) is 11.7. The maximum Gasteiger partial charge on any atom is 0.335 e. The number of hydrogen-bond donors (Lipinski definition) is 2. The summed E-state index contributed by atoms with van der Waals surface area (Å²) in [6.07, 6.45) is 0. The van der Waals surface area contributed by atoms with Gasteiger partial charge < -0.3 is 10.4 Å². The van der Waals surface area contributed by atoms with Crippen molar-refractivity contribution in [3.63, 3.8) is 0 Å². The van der Waals surface area contributed by atoms with Gasteiger partial charge in [0.25, 0.3) is 5.91 Å². The molecule has 0 radical (unpaired) electrons. The van der Waals surface area contributed by atoms with Crippen LogP contribution in [0.4, 0.5) is 5.69 Å². The van der Waals surface area contributed by atoms with E-state index in [1.165, 1.54) is 6.07 Å². The third-order valence-corrected chi connectivity index (χ3v) is 4.00. The van der Waals surface area contributed by atoms with E-state index in [2.05, 4.69) is 21.2 Å². The fraction of sp³-hybridized carbons (Fsp3) is 0.125. The molecule has 21 heavy (non-hydrogen) atoms. The minimum Gasteiger partial charge on any atom is -0.478 e. The average molecular weight is 348 g/mol. The molecule has 108 valence electrons. The summed E-state index contributed by atoms with van der Waals surface area (Å²) < 4.78 is 0.868. The third-order valence-electron chi connectivity index (χ3n) is 3.15. The molecule has 0 aliphatic rings.